The first-order chi connectivity index (χ1) is 44.5. The molecule has 0 bridgehead atoms. The largest absolute Gasteiger partial charge is 0.472 e. The van der Waals surface area contributed by atoms with Crippen LogP contribution in [0.3, 0.4) is 0 Å². The first-order valence-corrected chi connectivity index (χ1v) is 41.1. The topological polar surface area (TPSA) is 237 Å². The highest BCUT2D eigenvalue weighted by Gasteiger charge is 2.30. The first-order valence-electron chi connectivity index (χ1n) is 38.1. The fourth-order valence-corrected chi connectivity index (χ4v) is 12.8. The van der Waals surface area contributed by atoms with E-state index < -0.39 is 97.5 Å². The molecule has 0 aromatic carbocycles. The molecule has 0 amide bonds. The molecule has 0 aromatic heterocycles. The van der Waals surface area contributed by atoms with E-state index in [4.69, 9.17) is 37.0 Å². The second-order valence-electron chi connectivity index (χ2n) is 26.8. The van der Waals surface area contributed by atoms with Crippen LogP contribution < -0.4 is 0 Å². The predicted molar refractivity (Wildman–Crippen MR) is 372 cm³/mol. The van der Waals surface area contributed by atoms with Crippen molar-refractivity contribution in [2.45, 2.75) is 400 Å². The van der Waals surface area contributed by atoms with Crippen molar-refractivity contribution in [3.05, 3.63) is 0 Å². The van der Waals surface area contributed by atoms with Gasteiger partial charge in [-0.3, -0.25) is 37.3 Å². The van der Waals surface area contributed by atoms with E-state index >= 15 is 0 Å². The molecule has 0 aliphatic carbocycles. The molecule has 0 spiro atoms. The van der Waals surface area contributed by atoms with Crippen molar-refractivity contribution < 1.29 is 80.2 Å². The zero-order valence-electron chi connectivity index (χ0n) is 59.7. The molecular formula is C73H142O17P2. The SMILES string of the molecule is CCCCCCCCCCCCCCCCC(=O)OC[C@H](COP(=O)(O)OC[C@@H](O)COP(=O)(O)OC[C@@H](COC(=O)CCCCCCC)OC(=O)CCCCCCCCCCCCCCCC)OC(=O)CCCCCCCCCCCCCCCCCCC(C)C. The monoisotopic (exact) mass is 1350 g/mol. The molecule has 0 saturated carbocycles. The summed E-state index contributed by atoms with van der Waals surface area (Å²) in [6.45, 7) is 7.22. The summed E-state index contributed by atoms with van der Waals surface area (Å²) in [6, 6.07) is 0. The maximum Gasteiger partial charge on any atom is 0.472 e. The number of carbonyl (C=O) groups excluding carboxylic acids is 4. The Balaban J connectivity index is 5.14. The average Bonchev–Trinajstić information content (AvgIpc) is 3.54. The zero-order chi connectivity index (χ0) is 67.7. The summed E-state index contributed by atoms with van der Waals surface area (Å²) in [6.07, 6.45) is 54.4. The number of esters is 4. The normalized spacial score (nSPS) is 14.0. The van der Waals surface area contributed by atoms with E-state index in [1.807, 2.05) is 0 Å². The number of carbonyl (C=O) groups is 4. The first kappa shape index (κ1) is 90.1. The predicted octanol–water partition coefficient (Wildman–Crippen LogP) is 21.3. The van der Waals surface area contributed by atoms with Gasteiger partial charge in [-0.05, 0) is 31.6 Å². The zero-order valence-corrected chi connectivity index (χ0v) is 61.5. The van der Waals surface area contributed by atoms with Crippen molar-refractivity contribution in [3.8, 4) is 0 Å². The number of aliphatic hydroxyl groups excluding tert-OH is 1. The number of aliphatic hydroxyl groups is 1. The molecule has 546 valence electrons. The second kappa shape index (κ2) is 66.3. The van der Waals surface area contributed by atoms with Crippen molar-refractivity contribution in [1.82, 2.24) is 0 Å². The summed E-state index contributed by atoms with van der Waals surface area (Å²) in [4.78, 5) is 72.4. The van der Waals surface area contributed by atoms with E-state index in [1.54, 1.807) is 0 Å². The van der Waals surface area contributed by atoms with Crippen LogP contribution in [0.15, 0.2) is 0 Å². The van der Waals surface area contributed by atoms with Gasteiger partial charge in [0.25, 0.3) is 0 Å². The summed E-state index contributed by atoms with van der Waals surface area (Å²) in [5, 5.41) is 10.6. The molecule has 0 saturated heterocycles. The minimum atomic E-state index is -4.95. The number of rotatable bonds is 73. The van der Waals surface area contributed by atoms with E-state index in [-0.39, 0.29) is 25.7 Å². The van der Waals surface area contributed by atoms with Gasteiger partial charge in [-0.25, -0.2) is 9.13 Å². The number of unbranched alkanes of at least 4 members (excludes halogenated alkanes) is 45. The van der Waals surface area contributed by atoms with Gasteiger partial charge in [0.1, 0.15) is 19.3 Å². The summed E-state index contributed by atoms with van der Waals surface area (Å²) in [5.74, 6) is -1.32. The molecule has 0 radical (unpaired) electrons. The number of phosphoric ester groups is 2. The standard InChI is InChI=1S/C73H142O17P2/c1-6-9-12-15-17-19-21-23-30-34-38-42-47-52-57-71(76)84-63-69(90-73(78)59-54-49-44-40-36-32-28-26-25-27-29-33-37-41-46-50-55-66(4)5)65-88-92(81,82)86-61-67(74)60-85-91(79,80)87-64-68(62-83-70(75)56-51-45-14-11-8-3)89-72(77)58-53-48-43-39-35-31-24-22-20-18-16-13-10-7-2/h66-69,74H,6-65H2,1-5H3,(H,79,80)(H,81,82)/t67-,68+,69+/m0/s1. The van der Waals surface area contributed by atoms with E-state index in [0.29, 0.717) is 25.7 Å². The maximum atomic E-state index is 13.0. The molecule has 0 aliphatic heterocycles. The fourth-order valence-electron chi connectivity index (χ4n) is 11.2. The van der Waals surface area contributed by atoms with E-state index in [1.165, 1.54) is 199 Å². The van der Waals surface area contributed by atoms with Crippen LogP contribution in [0.4, 0.5) is 0 Å². The highest BCUT2D eigenvalue weighted by atomic mass is 31.2. The Labute approximate surface area is 562 Å². The van der Waals surface area contributed by atoms with Crippen LogP contribution in [0.2, 0.25) is 0 Å². The van der Waals surface area contributed by atoms with Crippen molar-refractivity contribution in [3.63, 3.8) is 0 Å². The molecule has 0 fully saturated rings. The van der Waals surface area contributed by atoms with Crippen molar-refractivity contribution in [2.24, 2.45) is 5.92 Å². The maximum absolute atomic E-state index is 13.0. The number of hydrogen-bond acceptors (Lipinski definition) is 15. The number of phosphoric acid groups is 2. The van der Waals surface area contributed by atoms with Crippen LogP contribution in [-0.2, 0) is 65.4 Å². The summed E-state index contributed by atoms with van der Waals surface area (Å²) >= 11 is 0. The van der Waals surface area contributed by atoms with Gasteiger partial charge in [0.05, 0.1) is 26.4 Å². The Morgan fingerprint density at radius 1 is 0.293 bits per heavy atom. The quantitative estimate of drug-likeness (QED) is 0.0222. The molecule has 0 rings (SSSR count). The smallest absolute Gasteiger partial charge is 0.462 e. The molecule has 92 heavy (non-hydrogen) atoms. The lowest BCUT2D eigenvalue weighted by Crippen LogP contribution is -2.30. The Morgan fingerprint density at radius 2 is 0.500 bits per heavy atom. The molecule has 2 unspecified atom stereocenters. The van der Waals surface area contributed by atoms with Crippen LogP contribution in [0, 0.1) is 5.92 Å². The van der Waals surface area contributed by atoms with Crippen LogP contribution >= 0.6 is 15.6 Å². The molecule has 0 heterocycles. The molecule has 0 aliphatic rings. The summed E-state index contributed by atoms with van der Waals surface area (Å²) < 4.78 is 68.2. The van der Waals surface area contributed by atoms with Gasteiger partial charge < -0.3 is 33.8 Å². The van der Waals surface area contributed by atoms with Crippen LogP contribution in [0.25, 0.3) is 0 Å². The minimum Gasteiger partial charge on any atom is -0.462 e. The fraction of sp³-hybridized carbons (Fsp3) is 0.945. The van der Waals surface area contributed by atoms with Gasteiger partial charge in [-0.2, -0.15) is 0 Å². The van der Waals surface area contributed by atoms with Gasteiger partial charge in [-0.1, -0.05) is 330 Å². The van der Waals surface area contributed by atoms with Crippen LogP contribution in [0.5, 0.6) is 0 Å². The van der Waals surface area contributed by atoms with Crippen molar-refractivity contribution in [2.75, 3.05) is 39.6 Å². The molecule has 5 atom stereocenters. The van der Waals surface area contributed by atoms with Crippen LogP contribution in [0.1, 0.15) is 381 Å². The second-order valence-corrected chi connectivity index (χ2v) is 29.7. The molecule has 3 N–H and O–H groups in total. The van der Waals surface area contributed by atoms with Crippen LogP contribution in [-0.4, -0.2) is 96.7 Å². The Morgan fingerprint density at radius 3 is 0.739 bits per heavy atom. The Bertz CT molecular complexity index is 1770. The molecule has 0 aromatic rings. The third kappa shape index (κ3) is 66.7. The van der Waals surface area contributed by atoms with Gasteiger partial charge in [0, 0.05) is 25.7 Å². The van der Waals surface area contributed by atoms with Crippen molar-refractivity contribution >= 4 is 39.5 Å². The lowest BCUT2D eigenvalue weighted by Gasteiger charge is -2.21. The van der Waals surface area contributed by atoms with Gasteiger partial charge in [-0.15, -0.1) is 0 Å². The lowest BCUT2D eigenvalue weighted by atomic mass is 10.0. The van der Waals surface area contributed by atoms with E-state index in [2.05, 4.69) is 34.6 Å². The minimum absolute atomic E-state index is 0.107. The summed E-state index contributed by atoms with van der Waals surface area (Å²) in [5.41, 5.74) is 0. The molecule has 17 nitrogen and oxygen atoms in total. The highest BCUT2D eigenvalue weighted by molar-refractivity contribution is 7.47. The van der Waals surface area contributed by atoms with Crippen molar-refractivity contribution in [1.29, 1.82) is 0 Å². The third-order valence-corrected chi connectivity index (χ3v) is 18.9. The van der Waals surface area contributed by atoms with Gasteiger partial charge in [0.2, 0.25) is 0 Å². The van der Waals surface area contributed by atoms with Gasteiger partial charge >= 0.3 is 39.5 Å². The number of hydrogen-bond donors (Lipinski definition) is 3. The van der Waals surface area contributed by atoms with Gasteiger partial charge in [0.15, 0.2) is 12.2 Å². The Hall–Kier alpha value is -1.94. The lowest BCUT2D eigenvalue weighted by molar-refractivity contribution is -0.161. The highest BCUT2D eigenvalue weighted by Crippen LogP contribution is 2.45. The van der Waals surface area contributed by atoms with E-state index in [9.17, 15) is 43.2 Å². The van der Waals surface area contributed by atoms with E-state index in [0.717, 1.165) is 102 Å². The number of ether oxygens (including phenoxy) is 4. The average molecular weight is 1350 g/mol. The Kier molecular flexibility index (Phi) is 64.9. The third-order valence-electron chi connectivity index (χ3n) is 17.0. The summed E-state index contributed by atoms with van der Waals surface area (Å²) in [7, 11) is -9.89. The molecule has 19 heteroatoms. The molecular weight excluding hydrogens is 1210 g/mol.